The average molecular weight is 793 g/mol. The molecule has 0 aliphatic carbocycles. The molecule has 290 valence electrons. The number of para-hydroxylation sites is 2. The molecule has 5 nitrogen and oxygen atoms in total. The fourth-order valence-corrected chi connectivity index (χ4v) is 9.31. The Hall–Kier alpha value is -8.28. The van der Waals surface area contributed by atoms with E-state index in [0.717, 1.165) is 55.4 Å². The average Bonchev–Trinajstić information content (AvgIpc) is 3.92. The molecule has 0 saturated heterocycles. The number of nitrogens with zero attached hydrogens (tertiary/aromatic N) is 5. The molecule has 3 aromatic heterocycles. The minimum atomic E-state index is 0.0330. The Kier molecular flexibility index (Phi) is 8.49. The number of benzene rings is 8. The van der Waals surface area contributed by atoms with Crippen LogP contribution in [0.1, 0.15) is 17.0 Å². The minimum absolute atomic E-state index is 0.0330. The Labute approximate surface area is 358 Å². The molecule has 0 bridgehead atoms. The van der Waals surface area contributed by atoms with Crippen LogP contribution in [0.3, 0.4) is 0 Å². The normalized spacial score (nSPS) is 13.4. The van der Waals surface area contributed by atoms with Gasteiger partial charge in [0.15, 0.2) is 23.7 Å². The van der Waals surface area contributed by atoms with E-state index >= 15 is 0 Å². The van der Waals surface area contributed by atoms with Crippen LogP contribution in [0.5, 0.6) is 0 Å². The zero-order valence-corrected chi connectivity index (χ0v) is 33.7. The van der Waals surface area contributed by atoms with Crippen molar-refractivity contribution in [2.75, 3.05) is 0 Å². The van der Waals surface area contributed by atoms with E-state index in [1.54, 1.807) is 0 Å². The van der Waals surface area contributed by atoms with Crippen LogP contribution in [0.4, 0.5) is 0 Å². The zero-order chi connectivity index (χ0) is 41.0. The van der Waals surface area contributed by atoms with E-state index in [1.165, 1.54) is 32.8 Å². The van der Waals surface area contributed by atoms with Crippen LogP contribution in [0.2, 0.25) is 0 Å². The summed E-state index contributed by atoms with van der Waals surface area (Å²) in [5, 5.41) is 5.89. The second kappa shape index (κ2) is 14.8. The summed E-state index contributed by atoms with van der Waals surface area (Å²) < 4.78 is 4.75. The van der Waals surface area contributed by atoms with Gasteiger partial charge in [-0.2, -0.15) is 4.24 Å². The largest absolute Gasteiger partial charge is 0.309 e. The highest BCUT2D eigenvalue weighted by molar-refractivity contribution is 6.09. The maximum absolute atomic E-state index is 5.30. The van der Waals surface area contributed by atoms with Crippen LogP contribution >= 0.6 is 0 Å². The molecular weight excluding hydrogens is 755 g/mol. The van der Waals surface area contributed by atoms with Gasteiger partial charge in [-0.1, -0.05) is 170 Å². The van der Waals surface area contributed by atoms with Gasteiger partial charge in [-0.3, -0.25) is 0 Å². The Morgan fingerprint density at radius 2 is 0.903 bits per heavy atom. The van der Waals surface area contributed by atoms with E-state index in [1.807, 2.05) is 18.2 Å². The van der Waals surface area contributed by atoms with Gasteiger partial charge < -0.3 is 4.57 Å². The van der Waals surface area contributed by atoms with Gasteiger partial charge in [-0.15, -0.1) is 0 Å². The lowest BCUT2D eigenvalue weighted by Gasteiger charge is -2.12. The van der Waals surface area contributed by atoms with Crippen molar-refractivity contribution in [2.24, 2.45) is 0 Å². The quantitative estimate of drug-likeness (QED) is 0.151. The Morgan fingerprint density at radius 3 is 1.55 bits per heavy atom. The third-order valence-electron chi connectivity index (χ3n) is 12.1. The first-order valence-electron chi connectivity index (χ1n) is 21.1. The highest BCUT2D eigenvalue weighted by atomic mass is 15.0. The molecule has 12 rings (SSSR count). The molecule has 62 heavy (non-hydrogen) atoms. The molecule has 0 radical (unpaired) electrons. The summed E-state index contributed by atoms with van der Waals surface area (Å²) in [6.07, 6.45) is 2.39. The van der Waals surface area contributed by atoms with Crippen molar-refractivity contribution in [1.29, 1.82) is 0 Å². The maximum atomic E-state index is 5.30. The fourth-order valence-electron chi connectivity index (χ4n) is 9.31. The van der Waals surface area contributed by atoms with Gasteiger partial charge >= 0.3 is 0 Å². The summed E-state index contributed by atoms with van der Waals surface area (Å²) in [6.45, 7) is 0. The van der Waals surface area contributed by atoms with Gasteiger partial charge in [0.2, 0.25) is 11.0 Å². The lowest BCUT2D eigenvalue weighted by Crippen LogP contribution is -2.38. The van der Waals surface area contributed by atoms with Crippen molar-refractivity contribution >= 4 is 38.2 Å². The molecule has 0 saturated carbocycles. The molecule has 5 heteroatoms. The Bertz CT molecular complexity index is 3570. The van der Waals surface area contributed by atoms with Gasteiger partial charge in [0, 0.05) is 50.4 Å². The number of aromatic nitrogens is 5. The van der Waals surface area contributed by atoms with E-state index in [0.29, 0.717) is 17.5 Å². The number of pyridine rings is 1. The molecule has 0 spiro atoms. The van der Waals surface area contributed by atoms with Crippen LogP contribution in [0.15, 0.2) is 218 Å². The fraction of sp³-hybridized carbons (Fsp3) is 0.0175. The molecule has 0 amide bonds. The Balaban J connectivity index is 1.10. The van der Waals surface area contributed by atoms with Crippen molar-refractivity contribution in [3.8, 4) is 51.1 Å². The smallest absolute Gasteiger partial charge is 0.223 e. The molecule has 4 heterocycles. The lowest BCUT2D eigenvalue weighted by molar-refractivity contribution is -0.507. The first-order chi connectivity index (χ1) is 30.7. The van der Waals surface area contributed by atoms with Crippen LogP contribution in [0.25, 0.3) is 89.3 Å². The van der Waals surface area contributed by atoms with E-state index < -0.39 is 0 Å². The molecule has 0 fully saturated rings. The SMILES string of the molecule is C1=[n+]2c(-c3ccccc3)cc3ccc(-c4nc(-c5ccccc5)nc(-c5cccc(-n6c7ccccc7c7ccccc76)c5)n4)cc3c2=C(c2ccccc2)C1c1ccccc1. The van der Waals surface area contributed by atoms with Gasteiger partial charge in [-0.25, -0.2) is 15.0 Å². The molecular formula is C57H38N5+. The minimum Gasteiger partial charge on any atom is -0.309 e. The van der Waals surface area contributed by atoms with Crippen LogP contribution in [-0.2, 0) is 0 Å². The number of fused-ring (bicyclic) bond motifs is 6. The van der Waals surface area contributed by atoms with Crippen LogP contribution < -0.4 is 9.59 Å². The molecule has 11 aromatic rings. The van der Waals surface area contributed by atoms with E-state index in [4.69, 9.17) is 15.0 Å². The predicted molar refractivity (Wildman–Crippen MR) is 251 cm³/mol. The first kappa shape index (κ1) is 35.6. The highest BCUT2D eigenvalue weighted by Crippen LogP contribution is 2.36. The molecule has 1 unspecified atom stereocenters. The van der Waals surface area contributed by atoms with Crippen LogP contribution in [0, 0.1) is 6.21 Å². The predicted octanol–water partition coefficient (Wildman–Crippen LogP) is 12.1. The maximum Gasteiger partial charge on any atom is 0.223 e. The Morgan fingerprint density at radius 1 is 0.387 bits per heavy atom. The third kappa shape index (κ3) is 6.02. The number of hydrogen-bond acceptors (Lipinski definition) is 3. The van der Waals surface area contributed by atoms with Gasteiger partial charge in [0.1, 0.15) is 0 Å². The summed E-state index contributed by atoms with van der Waals surface area (Å²) in [5.74, 6) is 1.89. The van der Waals surface area contributed by atoms with Gasteiger partial charge in [0.05, 0.1) is 22.3 Å². The first-order valence-corrected chi connectivity index (χ1v) is 21.1. The summed E-state index contributed by atoms with van der Waals surface area (Å²) in [6, 6.07) is 77.3. The zero-order valence-electron chi connectivity index (χ0n) is 33.7. The lowest BCUT2D eigenvalue weighted by atomic mass is 9.88. The van der Waals surface area contributed by atoms with Gasteiger partial charge in [0.25, 0.3) is 0 Å². The molecule has 1 aliphatic rings. The van der Waals surface area contributed by atoms with Crippen molar-refractivity contribution in [3.05, 3.63) is 241 Å². The number of hydrogen-bond donors (Lipinski definition) is 0. The van der Waals surface area contributed by atoms with Crippen molar-refractivity contribution < 1.29 is 4.24 Å². The van der Waals surface area contributed by atoms with Crippen molar-refractivity contribution in [3.63, 3.8) is 0 Å². The summed E-state index contributed by atoms with van der Waals surface area (Å²) >= 11 is 0. The molecule has 8 aromatic carbocycles. The standard InChI is InChI=1S/C57H38N5/c1-5-18-38(19-6-1)49-37-61-52(39-20-7-2-8-21-39)36-42-32-33-44(35-48(42)54(61)53(49)40-22-9-3-10-23-40)57-59-55(41-24-11-4-12-25-41)58-56(60-57)43-26-17-27-45(34-43)62-50-30-15-13-28-46(50)47-29-14-16-31-51(47)62/h1-37,49H/q+1. The molecule has 1 aliphatic heterocycles. The van der Waals surface area contributed by atoms with E-state index in [-0.39, 0.29) is 5.92 Å². The van der Waals surface area contributed by atoms with Crippen molar-refractivity contribution in [2.45, 2.75) is 5.92 Å². The summed E-state index contributed by atoms with van der Waals surface area (Å²) in [4.78, 5) is 15.7. The van der Waals surface area contributed by atoms with E-state index in [2.05, 4.69) is 215 Å². The third-order valence-corrected chi connectivity index (χ3v) is 12.1. The van der Waals surface area contributed by atoms with E-state index in [9.17, 15) is 0 Å². The molecule has 0 N–H and O–H groups in total. The summed E-state index contributed by atoms with van der Waals surface area (Å²) in [5.41, 5.74) is 12.1. The number of rotatable bonds is 7. The monoisotopic (exact) mass is 792 g/mol. The topological polar surface area (TPSA) is 49.5 Å². The van der Waals surface area contributed by atoms with Crippen LogP contribution in [-0.4, -0.2) is 19.5 Å². The van der Waals surface area contributed by atoms with Crippen molar-refractivity contribution in [1.82, 2.24) is 19.5 Å². The van der Waals surface area contributed by atoms with Gasteiger partial charge in [-0.05, 0) is 59.0 Å². The second-order valence-electron chi connectivity index (χ2n) is 15.8. The summed E-state index contributed by atoms with van der Waals surface area (Å²) in [7, 11) is 0. The molecule has 1 atom stereocenters. The second-order valence-corrected chi connectivity index (χ2v) is 15.8. The highest BCUT2D eigenvalue weighted by Gasteiger charge is 2.32.